The number of hydrogen-bond acceptors (Lipinski definition) is 5. The molecule has 1 amide bonds. The van der Waals surface area contributed by atoms with Crippen LogP contribution in [0.4, 0.5) is 4.39 Å². The lowest BCUT2D eigenvalue weighted by Gasteiger charge is -2.65. The van der Waals surface area contributed by atoms with E-state index in [4.69, 9.17) is 4.74 Å². The number of fused-ring (bicyclic) bond motifs is 2. The highest BCUT2D eigenvalue weighted by atomic mass is 19.1. The maximum Gasteiger partial charge on any atom is 0.256 e. The smallest absolute Gasteiger partial charge is 0.256 e. The summed E-state index contributed by atoms with van der Waals surface area (Å²) < 4.78 is 20.0. The highest BCUT2D eigenvalue weighted by Gasteiger charge is 2.56. The number of hydrogen-bond donors (Lipinski definition) is 0. The van der Waals surface area contributed by atoms with Gasteiger partial charge in [-0.1, -0.05) is 12.1 Å². The van der Waals surface area contributed by atoms with Crippen LogP contribution in [-0.2, 0) is 4.74 Å². The van der Waals surface area contributed by atoms with Gasteiger partial charge in [-0.15, -0.1) is 0 Å². The number of nitrogens with zero attached hydrogens (tertiary/aromatic N) is 4. The first-order valence-electron chi connectivity index (χ1n) is 10.9. The Kier molecular flexibility index (Phi) is 5.10. The Labute approximate surface area is 172 Å². The van der Waals surface area contributed by atoms with E-state index in [9.17, 15) is 9.18 Å². The minimum absolute atomic E-state index is 0.0169. The average molecular weight is 403 g/mol. The predicted octanol–water partition coefficient (Wildman–Crippen LogP) is 1.13. The number of carbonyl (C=O) groups excluding carboxylic acids is 1. The average Bonchev–Trinajstić information content (AvgIpc) is 2.72. The van der Waals surface area contributed by atoms with Gasteiger partial charge >= 0.3 is 0 Å². The number of ether oxygens (including phenoxy) is 1. The lowest BCUT2D eigenvalue weighted by atomic mass is 9.80. The molecule has 0 saturated carbocycles. The Hall–Kier alpha value is -1.54. The molecule has 6 nitrogen and oxygen atoms in total. The van der Waals surface area contributed by atoms with Crippen molar-refractivity contribution in [2.75, 3.05) is 66.1 Å². The summed E-state index contributed by atoms with van der Waals surface area (Å²) in [7, 11) is 2.19. The Morgan fingerprint density at radius 3 is 2.62 bits per heavy atom. The molecule has 4 heterocycles. The third-order valence-corrected chi connectivity index (χ3v) is 7.34. The number of piperazine rings is 1. The summed E-state index contributed by atoms with van der Waals surface area (Å²) in [5, 5.41) is 0. The summed E-state index contributed by atoms with van der Waals surface area (Å²) in [5.74, 6) is -0.624. The molecule has 7 heteroatoms. The third-order valence-electron chi connectivity index (χ3n) is 7.34. The summed E-state index contributed by atoms with van der Waals surface area (Å²) in [6.07, 6.45) is 2.44. The Morgan fingerprint density at radius 2 is 1.86 bits per heavy atom. The zero-order valence-electron chi connectivity index (χ0n) is 17.2. The summed E-state index contributed by atoms with van der Waals surface area (Å²) in [6.45, 7) is 7.94. The molecule has 5 rings (SSSR count). The highest BCUT2D eigenvalue weighted by molar-refractivity contribution is 5.94. The van der Waals surface area contributed by atoms with Crippen molar-refractivity contribution in [1.82, 2.24) is 19.6 Å². The predicted molar refractivity (Wildman–Crippen MR) is 108 cm³/mol. The monoisotopic (exact) mass is 402 g/mol. The normalized spacial score (nSPS) is 28.9. The van der Waals surface area contributed by atoms with Crippen molar-refractivity contribution in [2.24, 2.45) is 0 Å². The summed E-state index contributed by atoms with van der Waals surface area (Å²) in [5.41, 5.74) is 0.163. The minimum Gasteiger partial charge on any atom is -0.378 e. The van der Waals surface area contributed by atoms with Gasteiger partial charge in [0.25, 0.3) is 5.91 Å². The van der Waals surface area contributed by atoms with E-state index in [1.165, 1.54) is 18.9 Å². The quantitative estimate of drug-likeness (QED) is 0.742. The molecular formula is C22H31FN4O2. The maximum absolute atomic E-state index is 14.3. The van der Waals surface area contributed by atoms with Gasteiger partial charge in [-0.3, -0.25) is 14.6 Å². The van der Waals surface area contributed by atoms with E-state index < -0.39 is 5.82 Å². The molecule has 1 atom stereocenters. The van der Waals surface area contributed by atoms with Crippen LogP contribution in [0.3, 0.4) is 0 Å². The number of likely N-dealkylation sites (tertiary alicyclic amines) is 2. The SMILES string of the molecule is CN1CCC(N2CC3(CN(C(=O)c4ccccc4F)C[C@@H]4COCCN43)C2)CC1. The van der Waals surface area contributed by atoms with E-state index >= 15 is 0 Å². The zero-order valence-corrected chi connectivity index (χ0v) is 17.2. The number of halogens is 1. The van der Waals surface area contributed by atoms with Crippen LogP contribution in [-0.4, -0.2) is 109 Å². The van der Waals surface area contributed by atoms with Crippen molar-refractivity contribution in [3.05, 3.63) is 35.6 Å². The molecule has 0 unspecified atom stereocenters. The second-order valence-corrected chi connectivity index (χ2v) is 9.25. The molecule has 1 aromatic rings. The van der Waals surface area contributed by atoms with Gasteiger partial charge in [-0.2, -0.15) is 0 Å². The highest BCUT2D eigenvalue weighted by Crippen LogP contribution is 2.38. The lowest BCUT2D eigenvalue weighted by molar-refractivity contribution is -0.169. The van der Waals surface area contributed by atoms with Crippen LogP contribution in [0.5, 0.6) is 0 Å². The van der Waals surface area contributed by atoms with E-state index in [-0.39, 0.29) is 23.1 Å². The molecular weight excluding hydrogens is 371 g/mol. The van der Waals surface area contributed by atoms with Crippen LogP contribution >= 0.6 is 0 Å². The fourth-order valence-electron chi connectivity index (χ4n) is 5.77. The molecule has 4 fully saturated rings. The van der Waals surface area contributed by atoms with Crippen molar-refractivity contribution < 1.29 is 13.9 Å². The number of amides is 1. The molecule has 0 aromatic heterocycles. The first-order valence-corrected chi connectivity index (χ1v) is 10.9. The summed E-state index contributed by atoms with van der Waals surface area (Å²) in [6, 6.07) is 7.18. The summed E-state index contributed by atoms with van der Waals surface area (Å²) >= 11 is 0. The molecule has 0 aliphatic carbocycles. The molecule has 0 bridgehead atoms. The van der Waals surface area contributed by atoms with Crippen molar-refractivity contribution in [1.29, 1.82) is 0 Å². The van der Waals surface area contributed by atoms with Gasteiger partial charge < -0.3 is 14.5 Å². The van der Waals surface area contributed by atoms with Crippen LogP contribution in [0.2, 0.25) is 0 Å². The maximum atomic E-state index is 14.3. The fourth-order valence-corrected chi connectivity index (χ4v) is 5.77. The second-order valence-electron chi connectivity index (χ2n) is 9.25. The first kappa shape index (κ1) is 19.4. The van der Waals surface area contributed by atoms with Crippen LogP contribution in [0.1, 0.15) is 23.2 Å². The molecule has 4 aliphatic rings. The van der Waals surface area contributed by atoms with Crippen molar-refractivity contribution >= 4 is 5.91 Å². The van der Waals surface area contributed by atoms with Gasteiger partial charge in [0, 0.05) is 38.8 Å². The first-order chi connectivity index (χ1) is 14.1. The topological polar surface area (TPSA) is 39.3 Å². The van der Waals surface area contributed by atoms with E-state index in [0.29, 0.717) is 25.7 Å². The van der Waals surface area contributed by atoms with Crippen molar-refractivity contribution in [2.45, 2.75) is 30.5 Å². The molecule has 4 saturated heterocycles. The van der Waals surface area contributed by atoms with Crippen LogP contribution in [0.25, 0.3) is 0 Å². The zero-order chi connectivity index (χ0) is 20.0. The van der Waals surface area contributed by atoms with Crippen molar-refractivity contribution in [3.63, 3.8) is 0 Å². The van der Waals surface area contributed by atoms with Gasteiger partial charge in [0.15, 0.2) is 0 Å². The Morgan fingerprint density at radius 1 is 1.10 bits per heavy atom. The molecule has 29 heavy (non-hydrogen) atoms. The van der Waals surface area contributed by atoms with Crippen LogP contribution in [0.15, 0.2) is 24.3 Å². The molecule has 158 valence electrons. The minimum atomic E-state index is -0.435. The summed E-state index contributed by atoms with van der Waals surface area (Å²) in [4.78, 5) is 22.6. The molecule has 1 aromatic carbocycles. The lowest BCUT2D eigenvalue weighted by Crippen LogP contribution is -2.82. The standard InChI is InChI=1S/C22H31FN4O2/c1-24-8-6-17(7-9-24)26-15-22(16-26)14-25(12-18-13-29-11-10-27(18)22)21(28)19-4-2-3-5-20(19)23/h2-5,17-18H,6-16H2,1H3/t18-/m1/s1. The number of benzene rings is 1. The van der Waals surface area contributed by atoms with Gasteiger partial charge in [-0.05, 0) is 45.1 Å². The molecule has 0 radical (unpaired) electrons. The van der Waals surface area contributed by atoms with Gasteiger partial charge in [0.05, 0.1) is 30.4 Å². The van der Waals surface area contributed by atoms with Crippen LogP contribution in [0, 0.1) is 5.82 Å². The van der Waals surface area contributed by atoms with Gasteiger partial charge in [-0.25, -0.2) is 4.39 Å². The Bertz CT molecular complexity index is 761. The fraction of sp³-hybridized carbons (Fsp3) is 0.682. The number of morpholine rings is 1. The van der Waals surface area contributed by atoms with E-state index in [1.807, 2.05) is 4.90 Å². The van der Waals surface area contributed by atoms with E-state index in [2.05, 4.69) is 21.7 Å². The molecule has 0 N–H and O–H groups in total. The van der Waals surface area contributed by atoms with Crippen molar-refractivity contribution in [3.8, 4) is 0 Å². The van der Waals surface area contributed by atoms with Gasteiger partial charge in [0.1, 0.15) is 5.82 Å². The molecule has 1 spiro atoms. The Balaban J connectivity index is 1.34. The number of piperidine rings is 1. The second kappa shape index (κ2) is 7.61. The van der Waals surface area contributed by atoms with Gasteiger partial charge in [0.2, 0.25) is 0 Å². The number of rotatable bonds is 2. The van der Waals surface area contributed by atoms with E-state index in [1.54, 1.807) is 18.2 Å². The number of carbonyl (C=O) groups is 1. The van der Waals surface area contributed by atoms with E-state index in [0.717, 1.165) is 39.3 Å². The molecule has 4 aliphatic heterocycles. The largest absolute Gasteiger partial charge is 0.378 e. The third kappa shape index (κ3) is 3.48. The van der Waals surface area contributed by atoms with Crippen LogP contribution < -0.4 is 0 Å².